The van der Waals surface area contributed by atoms with Crippen molar-refractivity contribution in [3.8, 4) is 11.5 Å². The van der Waals surface area contributed by atoms with Gasteiger partial charge in [-0.3, -0.25) is 4.79 Å². The molecule has 1 amide bonds. The molecule has 152 valence electrons. The largest absolute Gasteiger partial charge is 0.493 e. The van der Waals surface area contributed by atoms with Crippen LogP contribution >= 0.6 is 0 Å². The first-order chi connectivity index (χ1) is 14.1. The summed E-state index contributed by atoms with van der Waals surface area (Å²) in [5.41, 5.74) is 8.05. The van der Waals surface area contributed by atoms with E-state index in [2.05, 4.69) is 5.32 Å². The number of rotatable bonds is 7. The lowest BCUT2D eigenvalue weighted by Gasteiger charge is -2.32. The van der Waals surface area contributed by atoms with Crippen molar-refractivity contribution in [2.45, 2.75) is 31.4 Å². The van der Waals surface area contributed by atoms with Gasteiger partial charge in [0.25, 0.3) is 5.91 Å². The number of hydrogen-bond acceptors (Lipinski definition) is 5. The minimum absolute atomic E-state index is 0.119. The van der Waals surface area contributed by atoms with Gasteiger partial charge in [0.15, 0.2) is 29.0 Å². The monoisotopic (exact) mass is 398 g/mol. The number of methoxy groups -OCH3 is 1. The summed E-state index contributed by atoms with van der Waals surface area (Å²) in [6.07, 6.45) is 2.95. The van der Waals surface area contributed by atoms with Crippen LogP contribution in [0, 0.1) is 5.82 Å². The molecule has 7 heteroatoms. The van der Waals surface area contributed by atoms with E-state index in [1.54, 1.807) is 25.5 Å². The van der Waals surface area contributed by atoms with E-state index >= 15 is 0 Å². The summed E-state index contributed by atoms with van der Waals surface area (Å²) in [6.45, 7) is 0.652. The number of para-hydroxylation sites is 2. The van der Waals surface area contributed by atoms with Gasteiger partial charge in [-0.05, 0) is 49.1 Å². The second kappa shape index (κ2) is 8.13. The fourth-order valence-electron chi connectivity index (χ4n) is 3.84. The molecule has 2 heterocycles. The lowest BCUT2D eigenvalue weighted by molar-refractivity contribution is -0.126. The Morgan fingerprint density at radius 1 is 1.31 bits per heavy atom. The molecule has 0 radical (unpaired) electrons. The van der Waals surface area contributed by atoms with Crippen LogP contribution in [-0.4, -0.2) is 31.7 Å². The van der Waals surface area contributed by atoms with Crippen molar-refractivity contribution in [1.29, 1.82) is 0 Å². The molecule has 2 aromatic carbocycles. The third-order valence-electron chi connectivity index (χ3n) is 5.27. The number of ether oxygens (including phenoxy) is 2. The quantitative estimate of drug-likeness (QED) is 0.598. The van der Waals surface area contributed by atoms with E-state index in [1.807, 2.05) is 18.2 Å². The highest BCUT2D eigenvalue weighted by Gasteiger charge is 2.35. The normalized spacial score (nSPS) is 18.3. The second-order valence-electron chi connectivity index (χ2n) is 7.14. The minimum Gasteiger partial charge on any atom is -0.493 e. The Kier molecular flexibility index (Phi) is 5.40. The first-order valence-electron chi connectivity index (χ1n) is 9.58. The Labute approximate surface area is 167 Å². The third-order valence-corrected chi connectivity index (χ3v) is 5.27. The van der Waals surface area contributed by atoms with Gasteiger partial charge in [0.1, 0.15) is 0 Å². The van der Waals surface area contributed by atoms with E-state index in [0.717, 1.165) is 34.9 Å². The number of carbonyl (C=O) groups is 1. The van der Waals surface area contributed by atoms with Gasteiger partial charge in [-0.15, -0.1) is 0 Å². The van der Waals surface area contributed by atoms with Crippen molar-refractivity contribution in [2.24, 2.45) is 5.73 Å². The van der Waals surface area contributed by atoms with E-state index in [-0.39, 0.29) is 11.8 Å². The molecular formula is C22H23FN2O4. The van der Waals surface area contributed by atoms with Crippen LogP contribution in [0.1, 0.15) is 17.5 Å². The lowest BCUT2D eigenvalue weighted by Crippen LogP contribution is -2.54. The molecule has 1 aliphatic heterocycles. The number of nitrogens with one attached hydrogen (secondary N) is 1. The molecule has 1 aliphatic rings. The Bertz CT molecular complexity index is 1030. The highest BCUT2D eigenvalue weighted by molar-refractivity contribution is 5.86. The molecule has 2 unspecified atom stereocenters. The summed E-state index contributed by atoms with van der Waals surface area (Å²) >= 11 is 0. The maximum Gasteiger partial charge on any atom is 0.260 e. The Balaban J connectivity index is 1.39. The molecule has 0 spiro atoms. The van der Waals surface area contributed by atoms with Crippen LogP contribution in [0.4, 0.5) is 4.39 Å². The van der Waals surface area contributed by atoms with Crippen LogP contribution in [0.5, 0.6) is 11.5 Å². The van der Waals surface area contributed by atoms with E-state index in [0.29, 0.717) is 18.7 Å². The first kappa shape index (κ1) is 19.3. The molecule has 2 atom stereocenters. The zero-order valence-electron chi connectivity index (χ0n) is 16.1. The highest BCUT2D eigenvalue weighted by atomic mass is 19.1. The molecule has 0 saturated carbocycles. The van der Waals surface area contributed by atoms with Crippen molar-refractivity contribution in [3.63, 3.8) is 0 Å². The molecule has 0 fully saturated rings. The third kappa shape index (κ3) is 3.78. The standard InChI is InChI=1S/C22H23FN2O4/c1-27-18-9-3-7-15-14(12-28-20(15)18)6-4-10-25-17-11-13-5-2-8-16(23)19(13)29-21(17)22(24)26/h2-3,5,7-9,12,17,21,25H,4,6,10-11H2,1H3,(H2,24,26). The fourth-order valence-corrected chi connectivity index (χ4v) is 3.84. The van der Waals surface area contributed by atoms with E-state index in [9.17, 15) is 9.18 Å². The van der Waals surface area contributed by atoms with Gasteiger partial charge in [-0.1, -0.05) is 24.3 Å². The molecule has 6 nitrogen and oxygen atoms in total. The number of hydrogen-bond donors (Lipinski definition) is 2. The van der Waals surface area contributed by atoms with Gasteiger partial charge in [0, 0.05) is 5.39 Å². The topological polar surface area (TPSA) is 86.7 Å². The number of halogens is 1. The number of furan rings is 1. The van der Waals surface area contributed by atoms with Crippen molar-refractivity contribution >= 4 is 16.9 Å². The summed E-state index contributed by atoms with van der Waals surface area (Å²) < 4.78 is 30.5. The second-order valence-corrected chi connectivity index (χ2v) is 7.14. The maximum atomic E-state index is 14.0. The molecule has 3 aromatic rings. The predicted octanol–water partition coefficient (Wildman–Crippen LogP) is 2.96. The molecule has 0 aliphatic carbocycles. The molecule has 29 heavy (non-hydrogen) atoms. The number of primary amides is 1. The Morgan fingerprint density at radius 2 is 2.14 bits per heavy atom. The summed E-state index contributed by atoms with van der Waals surface area (Å²) in [7, 11) is 1.62. The lowest BCUT2D eigenvalue weighted by atomic mass is 9.96. The van der Waals surface area contributed by atoms with Crippen molar-refractivity contribution in [1.82, 2.24) is 5.32 Å². The van der Waals surface area contributed by atoms with E-state index < -0.39 is 17.8 Å². The maximum absolute atomic E-state index is 14.0. The Hall–Kier alpha value is -3.06. The molecular weight excluding hydrogens is 375 g/mol. The van der Waals surface area contributed by atoms with Crippen LogP contribution < -0.4 is 20.5 Å². The number of amides is 1. The van der Waals surface area contributed by atoms with Gasteiger partial charge in [0.05, 0.1) is 19.4 Å². The van der Waals surface area contributed by atoms with E-state index in [4.69, 9.17) is 19.6 Å². The molecule has 1 aromatic heterocycles. The van der Waals surface area contributed by atoms with Crippen LogP contribution in [0.15, 0.2) is 47.1 Å². The Morgan fingerprint density at radius 3 is 2.93 bits per heavy atom. The van der Waals surface area contributed by atoms with Crippen LogP contribution in [0.3, 0.4) is 0 Å². The smallest absolute Gasteiger partial charge is 0.260 e. The zero-order valence-corrected chi connectivity index (χ0v) is 16.1. The summed E-state index contributed by atoms with van der Waals surface area (Å²) in [5.74, 6) is -0.256. The predicted molar refractivity (Wildman–Crippen MR) is 107 cm³/mol. The SMILES string of the molecule is COc1cccc2c(CCCNC3Cc4cccc(F)c4OC3C(N)=O)coc12. The van der Waals surface area contributed by atoms with Crippen LogP contribution in [0.2, 0.25) is 0 Å². The van der Waals surface area contributed by atoms with Crippen molar-refractivity contribution < 1.29 is 23.1 Å². The van der Waals surface area contributed by atoms with Crippen LogP contribution in [0.25, 0.3) is 11.0 Å². The van der Waals surface area contributed by atoms with Gasteiger partial charge in [-0.25, -0.2) is 4.39 Å². The first-order valence-corrected chi connectivity index (χ1v) is 9.58. The van der Waals surface area contributed by atoms with Crippen LogP contribution in [-0.2, 0) is 17.6 Å². The molecule has 3 N–H and O–H groups in total. The number of nitrogens with two attached hydrogens (primary N) is 1. The van der Waals surface area contributed by atoms with E-state index in [1.165, 1.54) is 6.07 Å². The summed E-state index contributed by atoms with van der Waals surface area (Å²) in [4.78, 5) is 11.8. The van der Waals surface area contributed by atoms with Gasteiger partial charge in [-0.2, -0.15) is 0 Å². The van der Waals surface area contributed by atoms with Crippen molar-refractivity contribution in [2.75, 3.05) is 13.7 Å². The number of carbonyl (C=O) groups excluding carboxylic acids is 1. The average molecular weight is 398 g/mol. The summed E-state index contributed by atoms with van der Waals surface area (Å²) in [5, 5.41) is 4.38. The average Bonchev–Trinajstić information content (AvgIpc) is 3.14. The van der Waals surface area contributed by atoms with Gasteiger partial charge >= 0.3 is 0 Å². The molecule has 0 saturated heterocycles. The van der Waals surface area contributed by atoms with Crippen molar-refractivity contribution in [3.05, 3.63) is 59.6 Å². The molecule has 0 bridgehead atoms. The highest BCUT2D eigenvalue weighted by Crippen LogP contribution is 2.31. The van der Waals surface area contributed by atoms with Gasteiger partial charge in [0.2, 0.25) is 0 Å². The summed E-state index contributed by atoms with van der Waals surface area (Å²) in [6, 6.07) is 10.3. The molecule has 4 rings (SSSR count). The zero-order chi connectivity index (χ0) is 20.4. The number of benzene rings is 2. The fraction of sp³-hybridized carbons (Fsp3) is 0.318. The minimum atomic E-state index is -0.904. The number of fused-ring (bicyclic) bond motifs is 2. The number of aryl methyl sites for hydroxylation is 1. The van der Waals surface area contributed by atoms with Gasteiger partial charge < -0.3 is 24.9 Å².